The van der Waals surface area contributed by atoms with Gasteiger partial charge in [-0.1, -0.05) is 0 Å². The molecule has 3 aromatic heterocycles. The molecular weight excluding hydrogens is 366 g/mol. The van der Waals surface area contributed by atoms with Crippen LogP contribution in [0.2, 0.25) is 0 Å². The number of carbonyl (C=O) groups is 1. The zero-order valence-electron chi connectivity index (χ0n) is 16.2. The molecule has 2 aliphatic rings. The molecule has 1 saturated carbocycles. The van der Waals surface area contributed by atoms with Crippen LogP contribution in [0.5, 0.6) is 0 Å². The average Bonchev–Trinajstić information content (AvgIpc) is 3.51. The molecule has 8 nitrogen and oxygen atoms in total. The SMILES string of the molecule is CN1CC(NC(=O)c2cnc(Nc3ccc4cnccc4n3)cc2NC2CC2)C1. The van der Waals surface area contributed by atoms with Gasteiger partial charge in [0.05, 0.1) is 22.8 Å². The number of carbonyl (C=O) groups excluding carboxylic acids is 1. The van der Waals surface area contributed by atoms with Crippen molar-refractivity contribution in [2.75, 3.05) is 30.8 Å². The summed E-state index contributed by atoms with van der Waals surface area (Å²) in [6.45, 7) is 1.76. The van der Waals surface area contributed by atoms with Gasteiger partial charge < -0.3 is 20.9 Å². The molecular formula is C21H23N7O. The summed E-state index contributed by atoms with van der Waals surface area (Å²) in [4.78, 5) is 28.1. The van der Waals surface area contributed by atoms with E-state index in [0.29, 0.717) is 23.2 Å². The fourth-order valence-electron chi connectivity index (χ4n) is 3.49. The van der Waals surface area contributed by atoms with Crippen LogP contribution in [0.25, 0.3) is 10.9 Å². The van der Waals surface area contributed by atoms with Gasteiger partial charge in [-0.3, -0.25) is 9.78 Å². The molecule has 0 aromatic carbocycles. The molecule has 0 atom stereocenters. The molecule has 2 fully saturated rings. The molecule has 4 heterocycles. The van der Waals surface area contributed by atoms with Gasteiger partial charge in [0.15, 0.2) is 0 Å². The number of likely N-dealkylation sites (tertiary alicyclic amines) is 1. The zero-order chi connectivity index (χ0) is 19.8. The maximum absolute atomic E-state index is 12.7. The fraction of sp³-hybridized carbons (Fsp3) is 0.333. The number of nitrogens with one attached hydrogen (secondary N) is 3. The Balaban J connectivity index is 1.37. The van der Waals surface area contributed by atoms with Crippen LogP contribution in [0, 0.1) is 0 Å². The van der Waals surface area contributed by atoms with Crippen molar-refractivity contribution in [3.63, 3.8) is 0 Å². The summed E-state index contributed by atoms with van der Waals surface area (Å²) in [6.07, 6.45) is 7.40. The Morgan fingerprint density at radius 3 is 2.76 bits per heavy atom. The molecule has 1 aliphatic carbocycles. The minimum Gasteiger partial charge on any atom is -0.382 e. The lowest BCUT2D eigenvalue weighted by atomic mass is 10.1. The van der Waals surface area contributed by atoms with Gasteiger partial charge in [-0.2, -0.15) is 0 Å². The number of fused-ring (bicyclic) bond motifs is 1. The Morgan fingerprint density at radius 2 is 1.97 bits per heavy atom. The predicted molar refractivity (Wildman–Crippen MR) is 112 cm³/mol. The molecule has 148 valence electrons. The smallest absolute Gasteiger partial charge is 0.255 e. The standard InChI is InChI=1S/C21H23N7O/c1-28-11-15(12-28)25-21(29)16-10-23-20(8-18(16)24-14-3-4-14)27-19-5-2-13-9-22-7-6-17(13)26-19/h2,5-10,14-15H,3-4,11-12H2,1H3,(H,25,29)(H2,23,24,26,27). The number of anilines is 3. The molecule has 0 spiro atoms. The average molecular weight is 389 g/mol. The maximum Gasteiger partial charge on any atom is 0.255 e. The summed E-state index contributed by atoms with van der Waals surface area (Å²) in [7, 11) is 2.04. The van der Waals surface area contributed by atoms with E-state index in [1.165, 1.54) is 0 Å². The molecule has 29 heavy (non-hydrogen) atoms. The molecule has 3 aromatic rings. The largest absolute Gasteiger partial charge is 0.382 e. The van der Waals surface area contributed by atoms with Gasteiger partial charge in [0.1, 0.15) is 11.6 Å². The van der Waals surface area contributed by atoms with Crippen LogP contribution in [0.4, 0.5) is 17.3 Å². The Hall–Kier alpha value is -3.26. The number of amides is 1. The summed E-state index contributed by atoms with van der Waals surface area (Å²) in [5.74, 6) is 1.26. The molecule has 0 bridgehead atoms. The van der Waals surface area contributed by atoms with E-state index < -0.39 is 0 Å². The van der Waals surface area contributed by atoms with Gasteiger partial charge in [0.2, 0.25) is 0 Å². The van der Waals surface area contributed by atoms with Crippen LogP contribution in [0.15, 0.2) is 42.9 Å². The van der Waals surface area contributed by atoms with E-state index in [4.69, 9.17) is 0 Å². The van der Waals surface area contributed by atoms with Crippen LogP contribution >= 0.6 is 0 Å². The maximum atomic E-state index is 12.7. The first kappa shape index (κ1) is 17.8. The highest BCUT2D eigenvalue weighted by Gasteiger charge is 2.28. The summed E-state index contributed by atoms with van der Waals surface area (Å²) in [5.41, 5.74) is 2.25. The highest BCUT2D eigenvalue weighted by Crippen LogP contribution is 2.29. The normalized spacial score (nSPS) is 17.0. The van der Waals surface area contributed by atoms with Crippen molar-refractivity contribution in [3.8, 4) is 0 Å². The van der Waals surface area contributed by atoms with Crippen molar-refractivity contribution < 1.29 is 4.79 Å². The van der Waals surface area contributed by atoms with Gasteiger partial charge in [-0.25, -0.2) is 9.97 Å². The van der Waals surface area contributed by atoms with Crippen molar-refractivity contribution in [1.29, 1.82) is 0 Å². The van der Waals surface area contributed by atoms with Gasteiger partial charge >= 0.3 is 0 Å². The van der Waals surface area contributed by atoms with Crippen molar-refractivity contribution in [3.05, 3.63) is 48.4 Å². The minimum atomic E-state index is -0.0818. The predicted octanol–water partition coefficient (Wildman–Crippen LogP) is 2.39. The third-order valence-electron chi connectivity index (χ3n) is 5.23. The van der Waals surface area contributed by atoms with E-state index in [-0.39, 0.29) is 11.9 Å². The van der Waals surface area contributed by atoms with Gasteiger partial charge in [-0.15, -0.1) is 0 Å². The Morgan fingerprint density at radius 1 is 1.10 bits per heavy atom. The van der Waals surface area contributed by atoms with Gasteiger partial charge in [0, 0.05) is 49.2 Å². The number of nitrogens with zero attached hydrogens (tertiary/aromatic N) is 4. The number of hydrogen-bond acceptors (Lipinski definition) is 7. The molecule has 1 saturated heterocycles. The lowest BCUT2D eigenvalue weighted by Crippen LogP contribution is -2.57. The number of rotatable bonds is 6. The summed E-state index contributed by atoms with van der Waals surface area (Å²) in [6, 6.07) is 8.26. The van der Waals surface area contributed by atoms with E-state index in [9.17, 15) is 4.79 Å². The molecule has 0 unspecified atom stereocenters. The molecule has 1 aliphatic heterocycles. The highest BCUT2D eigenvalue weighted by atomic mass is 16.1. The summed E-state index contributed by atoms with van der Waals surface area (Å²) in [5, 5.41) is 10.8. The number of aromatic nitrogens is 3. The van der Waals surface area contributed by atoms with Crippen LogP contribution < -0.4 is 16.0 Å². The van der Waals surface area contributed by atoms with Crippen molar-refractivity contribution in [2.45, 2.75) is 24.9 Å². The summed E-state index contributed by atoms with van der Waals surface area (Å²) >= 11 is 0. The second-order valence-electron chi connectivity index (χ2n) is 7.82. The summed E-state index contributed by atoms with van der Waals surface area (Å²) < 4.78 is 0. The van der Waals surface area contributed by atoms with E-state index in [1.54, 1.807) is 18.6 Å². The third kappa shape index (κ3) is 3.97. The molecule has 8 heteroatoms. The van der Waals surface area contributed by atoms with Crippen molar-refractivity contribution in [2.24, 2.45) is 0 Å². The first-order chi connectivity index (χ1) is 14.1. The van der Waals surface area contributed by atoms with Crippen molar-refractivity contribution >= 4 is 34.1 Å². The van der Waals surface area contributed by atoms with Crippen LogP contribution in [0.1, 0.15) is 23.2 Å². The van der Waals surface area contributed by atoms with Crippen LogP contribution in [-0.2, 0) is 0 Å². The van der Waals surface area contributed by atoms with Gasteiger partial charge in [0.25, 0.3) is 5.91 Å². The molecule has 3 N–H and O–H groups in total. The van der Waals surface area contributed by atoms with Gasteiger partial charge in [-0.05, 0) is 38.1 Å². The topological polar surface area (TPSA) is 95.1 Å². The molecule has 5 rings (SSSR count). The molecule has 0 radical (unpaired) electrons. The Labute approximate surface area is 168 Å². The Bertz CT molecular complexity index is 1060. The van der Waals surface area contributed by atoms with E-state index in [2.05, 4.69) is 35.8 Å². The second-order valence-corrected chi connectivity index (χ2v) is 7.82. The highest BCUT2D eigenvalue weighted by molar-refractivity contribution is 6.00. The molecule has 1 amide bonds. The lowest BCUT2D eigenvalue weighted by Gasteiger charge is -2.36. The fourth-order valence-corrected chi connectivity index (χ4v) is 3.49. The Kier molecular flexibility index (Phi) is 4.48. The third-order valence-corrected chi connectivity index (χ3v) is 5.23. The quantitative estimate of drug-likeness (QED) is 0.596. The minimum absolute atomic E-state index is 0.0818. The second kappa shape index (κ2) is 7.29. The van der Waals surface area contributed by atoms with Crippen LogP contribution in [0.3, 0.4) is 0 Å². The number of pyridine rings is 3. The van der Waals surface area contributed by atoms with E-state index in [0.717, 1.165) is 42.5 Å². The first-order valence-corrected chi connectivity index (χ1v) is 9.88. The monoisotopic (exact) mass is 389 g/mol. The van der Waals surface area contributed by atoms with E-state index >= 15 is 0 Å². The number of likely N-dealkylation sites (N-methyl/N-ethyl adjacent to an activating group) is 1. The van der Waals surface area contributed by atoms with E-state index in [1.807, 2.05) is 31.3 Å². The lowest BCUT2D eigenvalue weighted by molar-refractivity contribution is 0.0858. The van der Waals surface area contributed by atoms with Crippen molar-refractivity contribution in [1.82, 2.24) is 25.2 Å². The van der Waals surface area contributed by atoms with Crippen LogP contribution in [-0.4, -0.2) is 58.0 Å². The zero-order valence-corrected chi connectivity index (χ0v) is 16.2. The number of hydrogen-bond donors (Lipinski definition) is 3. The first-order valence-electron chi connectivity index (χ1n) is 9.88.